The lowest BCUT2D eigenvalue weighted by Gasteiger charge is -2.36. The van der Waals surface area contributed by atoms with Crippen molar-refractivity contribution in [3.05, 3.63) is 30.1 Å². The van der Waals surface area contributed by atoms with Crippen molar-refractivity contribution in [2.45, 2.75) is 30.9 Å². The van der Waals surface area contributed by atoms with E-state index in [2.05, 4.69) is 20.8 Å². The second-order valence-electron chi connectivity index (χ2n) is 6.74. The Bertz CT molecular complexity index is 627. The van der Waals surface area contributed by atoms with E-state index in [0.717, 1.165) is 44.6 Å². The van der Waals surface area contributed by atoms with E-state index in [1.54, 1.807) is 12.4 Å². The van der Waals surface area contributed by atoms with Gasteiger partial charge in [0.15, 0.2) is 0 Å². The van der Waals surface area contributed by atoms with Gasteiger partial charge in [-0.2, -0.15) is 0 Å². The summed E-state index contributed by atoms with van der Waals surface area (Å²) in [6.45, 7) is 4.07. The van der Waals surface area contributed by atoms with Crippen LogP contribution in [0.5, 0.6) is 0 Å². The molecule has 0 aliphatic carbocycles. The van der Waals surface area contributed by atoms with Gasteiger partial charge in [0.2, 0.25) is 0 Å². The van der Waals surface area contributed by atoms with E-state index in [1.165, 1.54) is 0 Å². The molecule has 0 aromatic carbocycles. The van der Waals surface area contributed by atoms with Crippen LogP contribution < -0.4 is 10.6 Å². The molecule has 7 heteroatoms. The summed E-state index contributed by atoms with van der Waals surface area (Å²) in [7, 11) is 0. The summed E-state index contributed by atoms with van der Waals surface area (Å²) in [5.41, 5.74) is 1.40. The highest BCUT2D eigenvalue weighted by atomic mass is 16.7. The van der Waals surface area contributed by atoms with Crippen molar-refractivity contribution < 1.29 is 9.63 Å². The van der Waals surface area contributed by atoms with Gasteiger partial charge in [-0.1, -0.05) is 5.16 Å². The summed E-state index contributed by atoms with van der Waals surface area (Å²) in [6.07, 6.45) is 5.98. The highest BCUT2D eigenvalue weighted by molar-refractivity contribution is 6.39. The van der Waals surface area contributed by atoms with E-state index < -0.39 is 0 Å². The van der Waals surface area contributed by atoms with Crippen LogP contribution in [-0.4, -0.2) is 59.8 Å². The Morgan fingerprint density at radius 2 is 2.00 bits per heavy atom. The molecule has 4 rings (SSSR count). The summed E-state index contributed by atoms with van der Waals surface area (Å²) in [5, 5.41) is 10.9. The molecular formula is C17H23N5O2. The molecule has 2 fully saturated rings. The van der Waals surface area contributed by atoms with Crippen LogP contribution in [0, 0.1) is 0 Å². The molecule has 1 spiro atoms. The number of piperazine rings is 1. The fraction of sp³-hybridized carbons (Fsp3) is 0.588. The predicted octanol–water partition coefficient (Wildman–Crippen LogP) is 0.453. The number of amides is 1. The van der Waals surface area contributed by atoms with Crippen LogP contribution in [0.4, 0.5) is 0 Å². The first kappa shape index (κ1) is 15.5. The average Bonchev–Trinajstić information content (AvgIpc) is 3.06. The van der Waals surface area contributed by atoms with E-state index in [1.807, 2.05) is 17.0 Å². The molecule has 128 valence electrons. The van der Waals surface area contributed by atoms with Crippen molar-refractivity contribution in [3.8, 4) is 0 Å². The number of oxime groups is 1. The topological polar surface area (TPSA) is 78.8 Å². The molecular weight excluding hydrogens is 306 g/mol. The van der Waals surface area contributed by atoms with Crippen molar-refractivity contribution in [3.63, 3.8) is 0 Å². The molecule has 1 aromatic rings. The van der Waals surface area contributed by atoms with Gasteiger partial charge in [-0.15, -0.1) is 0 Å². The number of pyridine rings is 1. The lowest BCUT2D eigenvalue weighted by atomic mass is 9.87. The molecule has 2 saturated heterocycles. The Hall–Kier alpha value is -1.99. The first-order valence-corrected chi connectivity index (χ1v) is 8.65. The molecule has 0 bridgehead atoms. The SMILES string of the molecule is O=C(C1=NOC2(CCNCC2)C1)N1CCNCC1c1ccncc1. The third-order valence-electron chi connectivity index (χ3n) is 5.20. The summed E-state index contributed by atoms with van der Waals surface area (Å²) in [5.74, 6) is 0.00807. The molecule has 3 aliphatic heterocycles. The molecule has 1 aromatic heterocycles. The van der Waals surface area contributed by atoms with Crippen LogP contribution in [0.3, 0.4) is 0 Å². The monoisotopic (exact) mass is 329 g/mol. The smallest absolute Gasteiger partial charge is 0.272 e. The highest BCUT2D eigenvalue weighted by Crippen LogP contribution is 2.34. The third-order valence-corrected chi connectivity index (χ3v) is 5.20. The number of nitrogens with one attached hydrogen (secondary N) is 2. The Morgan fingerprint density at radius 3 is 2.79 bits per heavy atom. The van der Waals surface area contributed by atoms with Gasteiger partial charge in [-0.25, -0.2) is 0 Å². The first-order valence-electron chi connectivity index (χ1n) is 8.65. The lowest BCUT2D eigenvalue weighted by Crippen LogP contribution is -2.51. The van der Waals surface area contributed by atoms with Gasteiger partial charge in [0, 0.05) is 51.3 Å². The number of hydrogen-bond donors (Lipinski definition) is 2. The zero-order valence-electron chi connectivity index (χ0n) is 13.7. The van der Waals surface area contributed by atoms with Gasteiger partial charge in [0.25, 0.3) is 5.91 Å². The van der Waals surface area contributed by atoms with Crippen LogP contribution in [0.1, 0.15) is 30.9 Å². The molecule has 7 nitrogen and oxygen atoms in total. The molecule has 2 N–H and O–H groups in total. The molecule has 0 radical (unpaired) electrons. The zero-order valence-corrected chi connectivity index (χ0v) is 13.7. The Labute approximate surface area is 141 Å². The summed E-state index contributed by atoms with van der Waals surface area (Å²) in [4.78, 5) is 24.8. The fourth-order valence-corrected chi connectivity index (χ4v) is 3.78. The van der Waals surface area contributed by atoms with Gasteiger partial charge >= 0.3 is 0 Å². The molecule has 1 unspecified atom stereocenters. The van der Waals surface area contributed by atoms with Gasteiger partial charge < -0.3 is 20.4 Å². The van der Waals surface area contributed by atoms with Gasteiger partial charge in [0.1, 0.15) is 11.3 Å². The predicted molar refractivity (Wildman–Crippen MR) is 89.5 cm³/mol. The van der Waals surface area contributed by atoms with Gasteiger partial charge in [0.05, 0.1) is 6.04 Å². The average molecular weight is 329 g/mol. The summed E-state index contributed by atoms with van der Waals surface area (Å²) < 4.78 is 0. The normalized spacial score (nSPS) is 26.1. The van der Waals surface area contributed by atoms with Crippen molar-refractivity contribution in [1.29, 1.82) is 0 Å². The van der Waals surface area contributed by atoms with E-state index in [4.69, 9.17) is 4.84 Å². The Balaban J connectivity index is 1.50. The van der Waals surface area contributed by atoms with E-state index in [9.17, 15) is 4.79 Å². The molecule has 4 heterocycles. The fourth-order valence-electron chi connectivity index (χ4n) is 3.78. The maximum atomic E-state index is 13.1. The number of nitrogens with zero attached hydrogens (tertiary/aromatic N) is 3. The van der Waals surface area contributed by atoms with Gasteiger partial charge in [-0.05, 0) is 30.8 Å². The molecule has 24 heavy (non-hydrogen) atoms. The second-order valence-corrected chi connectivity index (χ2v) is 6.74. The zero-order chi connectivity index (χ0) is 16.4. The maximum absolute atomic E-state index is 13.1. The van der Waals surface area contributed by atoms with Crippen molar-refractivity contribution in [2.75, 3.05) is 32.7 Å². The van der Waals surface area contributed by atoms with Crippen LogP contribution in [-0.2, 0) is 9.63 Å². The minimum Gasteiger partial charge on any atom is -0.388 e. The van der Waals surface area contributed by atoms with Crippen LogP contribution in [0.15, 0.2) is 29.7 Å². The second kappa shape index (κ2) is 6.49. The lowest BCUT2D eigenvalue weighted by molar-refractivity contribution is -0.127. The van der Waals surface area contributed by atoms with Crippen LogP contribution in [0.25, 0.3) is 0 Å². The Kier molecular flexibility index (Phi) is 4.20. The quantitative estimate of drug-likeness (QED) is 0.824. The first-order chi connectivity index (χ1) is 11.8. The van der Waals surface area contributed by atoms with Crippen LogP contribution >= 0.6 is 0 Å². The number of carbonyl (C=O) groups is 1. The Morgan fingerprint density at radius 1 is 1.21 bits per heavy atom. The van der Waals surface area contributed by atoms with Crippen LogP contribution in [0.2, 0.25) is 0 Å². The van der Waals surface area contributed by atoms with E-state index in [0.29, 0.717) is 18.7 Å². The van der Waals surface area contributed by atoms with E-state index in [-0.39, 0.29) is 17.6 Å². The number of aromatic nitrogens is 1. The maximum Gasteiger partial charge on any atom is 0.272 e. The minimum absolute atomic E-state index is 0.00807. The highest BCUT2D eigenvalue weighted by Gasteiger charge is 2.44. The number of hydrogen-bond acceptors (Lipinski definition) is 6. The van der Waals surface area contributed by atoms with E-state index >= 15 is 0 Å². The van der Waals surface area contributed by atoms with Crippen molar-refractivity contribution >= 4 is 11.6 Å². The summed E-state index contributed by atoms with van der Waals surface area (Å²) >= 11 is 0. The standard InChI is InChI=1S/C17H23N5O2/c23-16(14-11-17(24-21-14)3-7-19-8-4-17)22-10-9-20-12-15(22)13-1-5-18-6-2-13/h1-2,5-6,15,19-20H,3-4,7-12H2. The largest absolute Gasteiger partial charge is 0.388 e. The van der Waals surface area contributed by atoms with Crippen molar-refractivity contribution in [1.82, 2.24) is 20.5 Å². The number of piperidine rings is 1. The summed E-state index contributed by atoms with van der Waals surface area (Å²) in [6, 6.07) is 3.96. The molecule has 3 aliphatic rings. The molecule has 0 saturated carbocycles. The van der Waals surface area contributed by atoms with Gasteiger partial charge in [-0.3, -0.25) is 9.78 Å². The minimum atomic E-state index is -0.267. The molecule has 1 atom stereocenters. The third kappa shape index (κ3) is 2.89. The molecule has 1 amide bonds. The van der Waals surface area contributed by atoms with Crippen molar-refractivity contribution in [2.24, 2.45) is 5.16 Å². The number of carbonyl (C=O) groups excluding carboxylic acids is 1. The number of rotatable bonds is 2.